The van der Waals surface area contributed by atoms with Crippen LogP contribution in [0.4, 0.5) is 5.69 Å². The van der Waals surface area contributed by atoms with E-state index in [1.54, 1.807) is 23.7 Å². The van der Waals surface area contributed by atoms with Gasteiger partial charge < -0.3 is 20.5 Å². The number of likely N-dealkylation sites (tertiary alicyclic amines) is 1. The summed E-state index contributed by atoms with van der Waals surface area (Å²) in [5.41, 5.74) is 5.46. The van der Waals surface area contributed by atoms with E-state index in [0.29, 0.717) is 29.6 Å². The highest BCUT2D eigenvalue weighted by atomic mass is 32.2. The number of carbonyl (C=O) groups excluding carboxylic acids is 2. The van der Waals surface area contributed by atoms with E-state index in [2.05, 4.69) is 20.4 Å². The SMILES string of the molecule is Cn1cnnc1Sc1ccc(C(=O)NCCCN2CCCC(C(N)=O)C2)cc1[N+](=O)[O-]. The predicted octanol–water partition coefficient (Wildman–Crippen LogP) is 1.19. The molecule has 1 aliphatic heterocycles. The predicted molar refractivity (Wildman–Crippen MR) is 114 cm³/mol. The first-order valence-corrected chi connectivity index (χ1v) is 10.8. The van der Waals surface area contributed by atoms with E-state index < -0.39 is 4.92 Å². The van der Waals surface area contributed by atoms with Gasteiger partial charge in [-0.2, -0.15) is 0 Å². The Morgan fingerprint density at radius 2 is 2.23 bits per heavy atom. The maximum absolute atomic E-state index is 12.5. The van der Waals surface area contributed by atoms with Gasteiger partial charge in [0.15, 0.2) is 5.16 Å². The van der Waals surface area contributed by atoms with Crippen LogP contribution in [0, 0.1) is 16.0 Å². The number of nitrogens with two attached hydrogens (primary N) is 1. The molecule has 1 aromatic carbocycles. The number of benzene rings is 1. The van der Waals surface area contributed by atoms with E-state index in [-0.39, 0.29) is 29.0 Å². The monoisotopic (exact) mass is 447 g/mol. The van der Waals surface area contributed by atoms with Crippen molar-refractivity contribution in [3.8, 4) is 0 Å². The molecule has 2 heterocycles. The summed E-state index contributed by atoms with van der Waals surface area (Å²) in [6.45, 7) is 2.74. The Hall–Kier alpha value is -2.99. The van der Waals surface area contributed by atoms with Gasteiger partial charge in [-0.1, -0.05) is 0 Å². The van der Waals surface area contributed by atoms with Crippen molar-refractivity contribution in [1.29, 1.82) is 0 Å². The molecule has 0 bridgehead atoms. The number of amides is 2. The minimum atomic E-state index is -0.513. The molecule has 2 amide bonds. The minimum Gasteiger partial charge on any atom is -0.369 e. The normalized spacial score (nSPS) is 16.7. The summed E-state index contributed by atoms with van der Waals surface area (Å²) in [6, 6.07) is 4.38. The topological polar surface area (TPSA) is 149 Å². The lowest BCUT2D eigenvalue weighted by Gasteiger charge is -2.31. The average molecular weight is 448 g/mol. The Morgan fingerprint density at radius 1 is 1.42 bits per heavy atom. The van der Waals surface area contributed by atoms with Gasteiger partial charge in [-0.05, 0) is 56.2 Å². The first kappa shape index (κ1) is 22.7. The lowest BCUT2D eigenvalue weighted by atomic mass is 9.97. The molecule has 2 aromatic rings. The summed E-state index contributed by atoms with van der Waals surface area (Å²) in [4.78, 5) is 37.4. The number of aromatic nitrogens is 3. The van der Waals surface area contributed by atoms with Crippen molar-refractivity contribution in [1.82, 2.24) is 25.0 Å². The summed E-state index contributed by atoms with van der Waals surface area (Å²) < 4.78 is 1.66. The molecule has 0 spiro atoms. The molecule has 1 fully saturated rings. The zero-order valence-corrected chi connectivity index (χ0v) is 18.0. The number of primary amides is 1. The van der Waals surface area contributed by atoms with Crippen molar-refractivity contribution < 1.29 is 14.5 Å². The van der Waals surface area contributed by atoms with Crippen LogP contribution in [0.15, 0.2) is 34.6 Å². The molecule has 0 saturated carbocycles. The molecular formula is C19H25N7O4S. The van der Waals surface area contributed by atoms with Crippen LogP contribution in [0.3, 0.4) is 0 Å². The fourth-order valence-corrected chi connectivity index (χ4v) is 4.30. The van der Waals surface area contributed by atoms with Gasteiger partial charge in [0.25, 0.3) is 11.6 Å². The van der Waals surface area contributed by atoms with Gasteiger partial charge in [0.1, 0.15) is 6.33 Å². The van der Waals surface area contributed by atoms with Crippen molar-refractivity contribution in [3.63, 3.8) is 0 Å². The van der Waals surface area contributed by atoms with Gasteiger partial charge in [0.2, 0.25) is 5.91 Å². The largest absolute Gasteiger partial charge is 0.369 e. The van der Waals surface area contributed by atoms with Crippen LogP contribution in [0.5, 0.6) is 0 Å². The van der Waals surface area contributed by atoms with Gasteiger partial charge >= 0.3 is 0 Å². The van der Waals surface area contributed by atoms with E-state index >= 15 is 0 Å². The number of aryl methyl sites for hydroxylation is 1. The van der Waals surface area contributed by atoms with Crippen LogP contribution in [0.25, 0.3) is 0 Å². The van der Waals surface area contributed by atoms with Crippen LogP contribution < -0.4 is 11.1 Å². The Balaban J connectivity index is 1.54. The maximum Gasteiger partial charge on any atom is 0.284 e. The molecule has 3 N–H and O–H groups in total. The van der Waals surface area contributed by atoms with Gasteiger partial charge in [-0.15, -0.1) is 10.2 Å². The third kappa shape index (κ3) is 6.01. The molecule has 3 rings (SSSR count). The number of nitro groups is 1. The first-order valence-electron chi connectivity index (χ1n) is 9.95. The molecule has 11 nitrogen and oxygen atoms in total. The summed E-state index contributed by atoms with van der Waals surface area (Å²) >= 11 is 1.11. The van der Waals surface area contributed by atoms with Crippen molar-refractivity contribution in [2.24, 2.45) is 18.7 Å². The molecular weight excluding hydrogens is 422 g/mol. The highest BCUT2D eigenvalue weighted by molar-refractivity contribution is 7.99. The lowest BCUT2D eigenvalue weighted by Crippen LogP contribution is -2.42. The lowest BCUT2D eigenvalue weighted by molar-refractivity contribution is -0.387. The molecule has 166 valence electrons. The van der Waals surface area contributed by atoms with E-state index in [1.165, 1.54) is 12.4 Å². The Morgan fingerprint density at radius 3 is 2.90 bits per heavy atom. The molecule has 1 aliphatic rings. The third-order valence-electron chi connectivity index (χ3n) is 5.13. The second kappa shape index (κ2) is 10.4. The third-order valence-corrected chi connectivity index (χ3v) is 6.25. The van der Waals surface area contributed by atoms with E-state index in [0.717, 1.165) is 37.7 Å². The van der Waals surface area contributed by atoms with Gasteiger partial charge in [-0.3, -0.25) is 19.7 Å². The fraction of sp³-hybridized carbons (Fsp3) is 0.474. The van der Waals surface area contributed by atoms with E-state index in [9.17, 15) is 19.7 Å². The zero-order chi connectivity index (χ0) is 22.4. The number of piperidine rings is 1. The molecule has 12 heteroatoms. The zero-order valence-electron chi connectivity index (χ0n) is 17.2. The van der Waals surface area contributed by atoms with Gasteiger partial charge in [0, 0.05) is 31.8 Å². The Kier molecular flexibility index (Phi) is 7.58. The second-order valence-corrected chi connectivity index (χ2v) is 8.43. The second-order valence-electron chi connectivity index (χ2n) is 7.42. The number of nitro benzene ring substituents is 1. The fourth-order valence-electron chi connectivity index (χ4n) is 3.45. The number of hydrogen-bond acceptors (Lipinski definition) is 8. The number of nitrogens with one attached hydrogen (secondary N) is 1. The molecule has 1 unspecified atom stereocenters. The Bertz CT molecular complexity index is 964. The molecule has 0 radical (unpaired) electrons. The van der Waals surface area contributed by atoms with Crippen molar-refractivity contribution in [2.45, 2.75) is 29.3 Å². The summed E-state index contributed by atoms with van der Waals surface area (Å²) in [6.07, 6.45) is 3.97. The van der Waals surface area contributed by atoms with Crippen LogP contribution in [-0.4, -0.2) is 62.6 Å². The smallest absolute Gasteiger partial charge is 0.284 e. The van der Waals surface area contributed by atoms with Crippen molar-refractivity contribution >= 4 is 29.3 Å². The average Bonchev–Trinajstić information content (AvgIpc) is 3.15. The van der Waals surface area contributed by atoms with Crippen LogP contribution in [0.2, 0.25) is 0 Å². The maximum atomic E-state index is 12.5. The van der Waals surface area contributed by atoms with Gasteiger partial charge in [-0.25, -0.2) is 0 Å². The van der Waals surface area contributed by atoms with Crippen molar-refractivity contribution in [2.75, 3.05) is 26.2 Å². The molecule has 1 atom stereocenters. The minimum absolute atomic E-state index is 0.109. The van der Waals surface area contributed by atoms with E-state index in [4.69, 9.17) is 5.73 Å². The van der Waals surface area contributed by atoms with Crippen molar-refractivity contribution in [3.05, 3.63) is 40.2 Å². The standard InChI is InChI=1S/C19H25N7O4S/c1-24-12-22-23-19(24)31-16-6-5-13(10-15(16)26(29)30)18(28)21-7-3-9-25-8-2-4-14(11-25)17(20)27/h5-6,10,12,14H,2-4,7-9,11H2,1H3,(H2,20,27)(H,21,28). The first-order chi connectivity index (χ1) is 14.8. The quantitative estimate of drug-likeness (QED) is 0.331. The van der Waals surface area contributed by atoms with Gasteiger partial charge in [0.05, 0.1) is 15.7 Å². The number of carbonyl (C=O) groups is 2. The van der Waals surface area contributed by atoms with E-state index in [1.807, 2.05) is 0 Å². The van der Waals surface area contributed by atoms with Crippen LogP contribution in [0.1, 0.15) is 29.6 Å². The molecule has 1 saturated heterocycles. The van der Waals surface area contributed by atoms with Crippen LogP contribution >= 0.6 is 11.8 Å². The number of hydrogen-bond donors (Lipinski definition) is 2. The highest BCUT2D eigenvalue weighted by Gasteiger charge is 2.23. The van der Waals surface area contributed by atoms with Crippen LogP contribution in [-0.2, 0) is 11.8 Å². The number of nitrogens with zero attached hydrogens (tertiary/aromatic N) is 5. The molecule has 31 heavy (non-hydrogen) atoms. The summed E-state index contributed by atoms with van der Waals surface area (Å²) in [5, 5.41) is 22.5. The summed E-state index contributed by atoms with van der Waals surface area (Å²) in [7, 11) is 1.74. The number of rotatable bonds is 9. The highest BCUT2D eigenvalue weighted by Crippen LogP contribution is 2.34. The Labute approximate surface area is 183 Å². The summed E-state index contributed by atoms with van der Waals surface area (Å²) in [5.74, 6) is -0.742. The molecule has 0 aliphatic carbocycles. The molecule has 1 aromatic heterocycles.